The molecule has 5 nitrogen and oxygen atoms in total. The van der Waals surface area contributed by atoms with E-state index in [0.29, 0.717) is 5.56 Å². The van der Waals surface area contributed by atoms with Crippen LogP contribution in [0.4, 0.5) is 0 Å². The van der Waals surface area contributed by atoms with E-state index in [9.17, 15) is 9.59 Å². The Morgan fingerprint density at radius 1 is 0.794 bits per heavy atom. The molecule has 3 aromatic rings. The first-order chi connectivity index (χ1) is 16.3. The number of hydrazone groups is 1. The van der Waals surface area contributed by atoms with Crippen LogP contribution in [0.3, 0.4) is 0 Å². The van der Waals surface area contributed by atoms with E-state index < -0.39 is 5.91 Å². The zero-order valence-electron chi connectivity index (χ0n) is 19.7. The molecular weight excluding hydrogens is 422 g/mol. The molecule has 2 amide bonds. The second kappa shape index (κ2) is 11.6. The van der Waals surface area contributed by atoms with E-state index in [2.05, 4.69) is 36.6 Å². The number of hydrogen-bond donors (Lipinski definition) is 2. The Bertz CT molecular complexity index is 1190. The number of rotatable bonds is 7. The fourth-order valence-corrected chi connectivity index (χ4v) is 3.07. The molecule has 0 radical (unpaired) electrons. The van der Waals surface area contributed by atoms with Crippen LogP contribution in [0.2, 0.25) is 0 Å². The van der Waals surface area contributed by atoms with Gasteiger partial charge in [0, 0.05) is 5.56 Å². The van der Waals surface area contributed by atoms with Gasteiger partial charge in [-0.15, -0.1) is 0 Å². The maximum Gasteiger partial charge on any atom is 0.287 e. The Kier molecular flexibility index (Phi) is 8.30. The van der Waals surface area contributed by atoms with E-state index in [1.807, 2.05) is 66.7 Å². The lowest BCUT2D eigenvalue weighted by Crippen LogP contribution is -2.32. The number of nitrogens with zero attached hydrogens (tertiary/aromatic N) is 1. The van der Waals surface area contributed by atoms with Crippen molar-refractivity contribution in [3.63, 3.8) is 0 Å². The first kappa shape index (κ1) is 24.4. The molecule has 0 aliphatic carbocycles. The molecule has 0 heterocycles. The van der Waals surface area contributed by atoms with Gasteiger partial charge in [0.2, 0.25) is 0 Å². The summed E-state index contributed by atoms with van der Waals surface area (Å²) in [5, 5.41) is 6.74. The monoisotopic (exact) mass is 451 g/mol. The van der Waals surface area contributed by atoms with Crippen molar-refractivity contribution in [2.24, 2.45) is 5.10 Å². The Morgan fingerprint density at radius 2 is 1.41 bits per heavy atom. The maximum absolute atomic E-state index is 12.8. The van der Waals surface area contributed by atoms with E-state index in [-0.39, 0.29) is 17.0 Å². The summed E-state index contributed by atoms with van der Waals surface area (Å²) in [6, 6.07) is 26.4. The van der Waals surface area contributed by atoms with Crippen molar-refractivity contribution in [1.82, 2.24) is 10.7 Å². The van der Waals surface area contributed by atoms with Crippen LogP contribution in [0, 0.1) is 0 Å². The number of benzene rings is 3. The van der Waals surface area contributed by atoms with Crippen LogP contribution >= 0.6 is 0 Å². The number of allylic oxidation sites excluding steroid dienone is 2. The lowest BCUT2D eigenvalue weighted by molar-refractivity contribution is -0.117. The number of carbonyl (C=O) groups is 2. The second-order valence-electron chi connectivity index (χ2n) is 8.74. The van der Waals surface area contributed by atoms with Gasteiger partial charge in [-0.2, -0.15) is 5.10 Å². The molecule has 0 aliphatic rings. The predicted octanol–water partition coefficient (Wildman–Crippen LogP) is 5.46. The van der Waals surface area contributed by atoms with Crippen molar-refractivity contribution < 1.29 is 9.59 Å². The molecule has 3 rings (SSSR count). The van der Waals surface area contributed by atoms with Crippen LogP contribution < -0.4 is 10.7 Å². The lowest BCUT2D eigenvalue weighted by Gasteiger charge is -2.18. The van der Waals surface area contributed by atoms with Crippen molar-refractivity contribution in [2.45, 2.75) is 26.2 Å². The molecule has 2 N–H and O–H groups in total. The highest BCUT2D eigenvalue weighted by molar-refractivity contribution is 6.03. The van der Waals surface area contributed by atoms with Gasteiger partial charge in [0.15, 0.2) is 0 Å². The molecule has 34 heavy (non-hydrogen) atoms. The Labute approximate surface area is 200 Å². The van der Waals surface area contributed by atoms with Gasteiger partial charge < -0.3 is 5.32 Å². The highest BCUT2D eigenvalue weighted by Gasteiger charge is 2.14. The first-order valence-corrected chi connectivity index (χ1v) is 11.1. The predicted molar refractivity (Wildman–Crippen MR) is 138 cm³/mol. The molecule has 0 atom stereocenters. The average Bonchev–Trinajstić information content (AvgIpc) is 2.84. The molecular formula is C29H29N3O2. The van der Waals surface area contributed by atoms with Crippen LogP contribution in [-0.2, 0) is 10.2 Å². The Morgan fingerprint density at radius 3 is 2.03 bits per heavy atom. The molecule has 0 bridgehead atoms. The van der Waals surface area contributed by atoms with Crippen LogP contribution in [0.1, 0.15) is 47.8 Å². The quantitative estimate of drug-likeness (QED) is 0.217. The van der Waals surface area contributed by atoms with Gasteiger partial charge in [-0.05, 0) is 40.3 Å². The molecule has 0 saturated heterocycles. The van der Waals surface area contributed by atoms with E-state index in [1.54, 1.807) is 42.6 Å². The SMILES string of the molecule is CC(C)(C)c1ccc(/C=N/NC(=O)/C(=C/C=C/c2ccccc2)NC(=O)c2ccccc2)cc1. The molecule has 0 aromatic heterocycles. The molecule has 0 unspecified atom stereocenters. The summed E-state index contributed by atoms with van der Waals surface area (Å²) in [5.74, 6) is -0.901. The zero-order valence-corrected chi connectivity index (χ0v) is 19.7. The summed E-state index contributed by atoms with van der Waals surface area (Å²) in [4.78, 5) is 25.4. The topological polar surface area (TPSA) is 70.6 Å². The van der Waals surface area contributed by atoms with Gasteiger partial charge in [0.1, 0.15) is 5.70 Å². The lowest BCUT2D eigenvalue weighted by atomic mass is 9.87. The van der Waals surface area contributed by atoms with E-state index >= 15 is 0 Å². The summed E-state index contributed by atoms with van der Waals surface area (Å²) in [7, 11) is 0. The Balaban J connectivity index is 1.72. The fourth-order valence-electron chi connectivity index (χ4n) is 3.07. The van der Waals surface area contributed by atoms with Crippen molar-refractivity contribution in [2.75, 3.05) is 0 Å². The highest BCUT2D eigenvalue weighted by atomic mass is 16.2. The molecule has 0 aliphatic heterocycles. The average molecular weight is 452 g/mol. The van der Waals surface area contributed by atoms with Crippen LogP contribution in [0.5, 0.6) is 0 Å². The van der Waals surface area contributed by atoms with Gasteiger partial charge in [0.05, 0.1) is 6.21 Å². The molecule has 0 spiro atoms. The highest BCUT2D eigenvalue weighted by Crippen LogP contribution is 2.21. The third-order valence-corrected chi connectivity index (χ3v) is 5.04. The minimum absolute atomic E-state index is 0.0633. The van der Waals surface area contributed by atoms with Crippen LogP contribution in [-0.4, -0.2) is 18.0 Å². The van der Waals surface area contributed by atoms with E-state index in [4.69, 9.17) is 0 Å². The molecule has 3 aromatic carbocycles. The van der Waals surface area contributed by atoms with Crippen LogP contribution in [0.25, 0.3) is 6.08 Å². The van der Waals surface area contributed by atoms with Crippen LogP contribution in [0.15, 0.2) is 108 Å². The van der Waals surface area contributed by atoms with Crippen molar-refractivity contribution in [3.8, 4) is 0 Å². The van der Waals surface area contributed by atoms with Gasteiger partial charge >= 0.3 is 0 Å². The van der Waals surface area contributed by atoms with Crippen molar-refractivity contribution >= 4 is 24.1 Å². The summed E-state index contributed by atoms with van der Waals surface area (Å²) < 4.78 is 0. The van der Waals surface area contributed by atoms with Gasteiger partial charge in [-0.1, -0.05) is 106 Å². The van der Waals surface area contributed by atoms with Gasteiger partial charge in [-0.25, -0.2) is 5.43 Å². The summed E-state index contributed by atoms with van der Waals surface area (Å²) in [6.45, 7) is 6.46. The third-order valence-electron chi connectivity index (χ3n) is 5.04. The fraction of sp³-hybridized carbons (Fsp3) is 0.138. The van der Waals surface area contributed by atoms with Gasteiger partial charge in [-0.3, -0.25) is 9.59 Å². The molecule has 5 heteroatoms. The number of carbonyl (C=O) groups excluding carboxylic acids is 2. The van der Waals surface area contributed by atoms with Crippen molar-refractivity contribution in [3.05, 3.63) is 125 Å². The van der Waals surface area contributed by atoms with Crippen molar-refractivity contribution in [1.29, 1.82) is 0 Å². The number of nitrogens with one attached hydrogen (secondary N) is 2. The standard InChI is InChI=1S/C29H29N3O2/c1-29(2,3)25-19-17-23(18-20-25)21-30-32-28(34)26(16-10-13-22-11-6-4-7-12-22)31-27(33)24-14-8-5-9-15-24/h4-21H,1-3H3,(H,31,33)(H,32,34)/b13-10+,26-16-,30-21+. The molecule has 0 saturated carbocycles. The molecule has 0 fully saturated rings. The summed E-state index contributed by atoms with van der Waals surface area (Å²) >= 11 is 0. The second-order valence-corrected chi connectivity index (χ2v) is 8.74. The third kappa shape index (κ3) is 7.41. The first-order valence-electron chi connectivity index (χ1n) is 11.1. The normalized spacial score (nSPS) is 12.1. The summed E-state index contributed by atoms with van der Waals surface area (Å²) in [6.07, 6.45) is 6.68. The minimum atomic E-state index is -0.524. The van der Waals surface area contributed by atoms with E-state index in [0.717, 1.165) is 11.1 Å². The smallest absolute Gasteiger partial charge is 0.287 e. The van der Waals surface area contributed by atoms with Gasteiger partial charge in [0.25, 0.3) is 11.8 Å². The number of hydrogen-bond acceptors (Lipinski definition) is 3. The zero-order chi connectivity index (χ0) is 24.4. The maximum atomic E-state index is 12.8. The largest absolute Gasteiger partial charge is 0.317 e. The molecule has 172 valence electrons. The Hall–Kier alpha value is -4.25. The summed E-state index contributed by atoms with van der Waals surface area (Å²) in [5.41, 5.74) is 6.15. The van der Waals surface area contributed by atoms with E-state index in [1.165, 1.54) is 5.56 Å². The number of amides is 2. The minimum Gasteiger partial charge on any atom is -0.317 e.